The monoisotopic (exact) mass is 310 g/mol. The number of benzene rings is 1. The van der Waals surface area contributed by atoms with E-state index in [0.29, 0.717) is 36.8 Å². The molecule has 2 aromatic rings. The molecule has 0 spiro atoms. The van der Waals surface area contributed by atoms with Crippen molar-refractivity contribution >= 4 is 11.7 Å². The maximum Gasteiger partial charge on any atom is 0.321 e. The van der Waals surface area contributed by atoms with Gasteiger partial charge in [0.1, 0.15) is 5.75 Å². The quantitative estimate of drug-likeness (QED) is 0.883. The van der Waals surface area contributed by atoms with Gasteiger partial charge >= 0.3 is 6.03 Å². The summed E-state index contributed by atoms with van der Waals surface area (Å²) in [7, 11) is 0. The summed E-state index contributed by atoms with van der Waals surface area (Å²) in [6.45, 7) is 2.80. The number of anilines is 1. The van der Waals surface area contributed by atoms with Crippen LogP contribution in [0.2, 0.25) is 0 Å². The summed E-state index contributed by atoms with van der Waals surface area (Å²) in [4.78, 5) is 17.9. The molecule has 0 radical (unpaired) electrons. The predicted octanol–water partition coefficient (Wildman–Crippen LogP) is 3.64. The van der Waals surface area contributed by atoms with E-state index in [2.05, 4.69) is 10.3 Å². The number of carbonyl (C=O) groups excluding carboxylic acids is 1. The molecule has 1 heterocycles. The van der Waals surface area contributed by atoms with Gasteiger partial charge in [-0.25, -0.2) is 9.78 Å². The first kappa shape index (κ1) is 16.3. The van der Waals surface area contributed by atoms with Crippen molar-refractivity contribution in [2.45, 2.75) is 13.3 Å². The molecule has 0 fully saturated rings. The van der Waals surface area contributed by atoms with Crippen molar-refractivity contribution in [3.05, 3.63) is 48.7 Å². The van der Waals surface area contributed by atoms with Crippen LogP contribution in [0, 0.1) is 11.3 Å². The fraction of sp³-hybridized carbons (Fsp3) is 0.235. The minimum Gasteiger partial charge on any atom is -0.439 e. The van der Waals surface area contributed by atoms with E-state index >= 15 is 0 Å². The molecule has 0 aliphatic rings. The van der Waals surface area contributed by atoms with Crippen LogP contribution in [0.4, 0.5) is 10.5 Å². The van der Waals surface area contributed by atoms with Crippen LogP contribution in [0.3, 0.4) is 0 Å². The number of nitrogens with zero attached hydrogens (tertiary/aromatic N) is 3. The zero-order chi connectivity index (χ0) is 16.5. The molecule has 0 saturated heterocycles. The average Bonchev–Trinajstić information content (AvgIpc) is 2.57. The van der Waals surface area contributed by atoms with E-state index in [1.165, 1.54) is 0 Å². The van der Waals surface area contributed by atoms with Crippen LogP contribution in [0.25, 0.3) is 0 Å². The fourth-order valence-electron chi connectivity index (χ4n) is 1.94. The van der Waals surface area contributed by atoms with Gasteiger partial charge in [-0.15, -0.1) is 0 Å². The summed E-state index contributed by atoms with van der Waals surface area (Å²) in [5, 5.41) is 11.4. The van der Waals surface area contributed by atoms with E-state index < -0.39 is 0 Å². The highest BCUT2D eigenvalue weighted by Gasteiger charge is 2.11. The standard InChI is InChI=1S/C17H18N4O2/c1-2-21(12-6-10-18)17(22)20-14-9-11-19-16(13-14)23-15-7-4-3-5-8-15/h3-5,7-9,11,13H,2,6,12H2,1H3,(H,19,20,22). The third-order valence-electron chi connectivity index (χ3n) is 3.11. The second-order valence-corrected chi connectivity index (χ2v) is 4.72. The molecule has 23 heavy (non-hydrogen) atoms. The molecular formula is C17H18N4O2. The first-order chi connectivity index (χ1) is 11.2. The van der Waals surface area contributed by atoms with Gasteiger partial charge in [-0.2, -0.15) is 5.26 Å². The normalized spacial score (nSPS) is 9.74. The number of pyridine rings is 1. The Labute approximate surface area is 135 Å². The van der Waals surface area contributed by atoms with Gasteiger partial charge < -0.3 is 15.0 Å². The molecule has 0 aliphatic carbocycles. The Morgan fingerprint density at radius 2 is 2.13 bits per heavy atom. The molecule has 118 valence electrons. The van der Waals surface area contributed by atoms with E-state index in [0.717, 1.165) is 0 Å². The van der Waals surface area contributed by atoms with E-state index in [9.17, 15) is 4.79 Å². The van der Waals surface area contributed by atoms with E-state index in [1.54, 1.807) is 23.2 Å². The molecule has 0 unspecified atom stereocenters. The van der Waals surface area contributed by atoms with Crippen molar-refractivity contribution in [3.8, 4) is 17.7 Å². The van der Waals surface area contributed by atoms with Gasteiger partial charge in [-0.1, -0.05) is 18.2 Å². The maximum absolute atomic E-state index is 12.2. The van der Waals surface area contributed by atoms with Crippen LogP contribution >= 0.6 is 0 Å². The largest absolute Gasteiger partial charge is 0.439 e. The Hall–Kier alpha value is -3.07. The molecule has 6 heteroatoms. The second kappa shape index (κ2) is 8.39. The average molecular weight is 310 g/mol. The van der Waals surface area contributed by atoms with Crippen molar-refractivity contribution in [2.75, 3.05) is 18.4 Å². The Kier molecular flexibility index (Phi) is 5.95. The Morgan fingerprint density at radius 3 is 2.83 bits per heavy atom. The Bertz CT molecular complexity index is 682. The van der Waals surface area contributed by atoms with Crippen LogP contribution in [-0.2, 0) is 0 Å². The number of nitriles is 1. The Morgan fingerprint density at radius 1 is 1.35 bits per heavy atom. The highest BCUT2D eigenvalue weighted by molar-refractivity contribution is 5.89. The number of hydrogen-bond acceptors (Lipinski definition) is 4. The fourth-order valence-corrected chi connectivity index (χ4v) is 1.94. The highest BCUT2D eigenvalue weighted by Crippen LogP contribution is 2.21. The van der Waals surface area contributed by atoms with Crippen molar-refractivity contribution in [1.29, 1.82) is 5.26 Å². The summed E-state index contributed by atoms with van der Waals surface area (Å²) >= 11 is 0. The molecule has 0 atom stereocenters. The third-order valence-corrected chi connectivity index (χ3v) is 3.11. The summed E-state index contributed by atoms with van der Waals surface area (Å²) in [5.74, 6) is 1.07. The first-order valence-electron chi connectivity index (χ1n) is 7.34. The maximum atomic E-state index is 12.2. The number of rotatable bonds is 6. The molecule has 0 saturated carbocycles. The van der Waals surface area contributed by atoms with Crippen molar-refractivity contribution in [2.24, 2.45) is 0 Å². The molecule has 1 N–H and O–H groups in total. The van der Waals surface area contributed by atoms with Crippen LogP contribution in [0.5, 0.6) is 11.6 Å². The molecule has 0 aliphatic heterocycles. The van der Waals surface area contributed by atoms with Crippen molar-refractivity contribution < 1.29 is 9.53 Å². The molecule has 6 nitrogen and oxygen atoms in total. The first-order valence-corrected chi connectivity index (χ1v) is 7.34. The molecule has 1 aromatic carbocycles. The Balaban J connectivity index is 2.02. The number of carbonyl (C=O) groups is 1. The minimum atomic E-state index is -0.250. The summed E-state index contributed by atoms with van der Waals surface area (Å²) in [5.41, 5.74) is 0.589. The minimum absolute atomic E-state index is 0.250. The molecule has 2 amide bonds. The topological polar surface area (TPSA) is 78.3 Å². The molecule has 2 rings (SSSR count). The van der Waals surface area contributed by atoms with Crippen LogP contribution in [-0.4, -0.2) is 29.0 Å². The number of ether oxygens (including phenoxy) is 1. The van der Waals surface area contributed by atoms with Crippen LogP contribution in [0.1, 0.15) is 13.3 Å². The highest BCUT2D eigenvalue weighted by atomic mass is 16.5. The molecule has 1 aromatic heterocycles. The summed E-state index contributed by atoms with van der Waals surface area (Å²) < 4.78 is 5.63. The third kappa shape index (κ3) is 5.00. The number of para-hydroxylation sites is 1. The van der Waals surface area contributed by atoms with Crippen molar-refractivity contribution in [1.82, 2.24) is 9.88 Å². The number of amides is 2. The van der Waals surface area contributed by atoms with Gasteiger partial charge in [0.2, 0.25) is 5.88 Å². The van der Waals surface area contributed by atoms with Gasteiger partial charge in [0.05, 0.1) is 12.5 Å². The summed E-state index contributed by atoms with van der Waals surface area (Å²) in [6, 6.07) is 14.4. The number of urea groups is 1. The molecular weight excluding hydrogens is 292 g/mol. The number of hydrogen-bond donors (Lipinski definition) is 1. The lowest BCUT2D eigenvalue weighted by Crippen LogP contribution is -2.35. The second-order valence-electron chi connectivity index (χ2n) is 4.72. The molecule has 0 bridgehead atoms. The zero-order valence-electron chi connectivity index (χ0n) is 12.9. The van der Waals surface area contributed by atoms with E-state index in [1.807, 2.05) is 43.3 Å². The summed E-state index contributed by atoms with van der Waals surface area (Å²) in [6.07, 6.45) is 1.87. The smallest absolute Gasteiger partial charge is 0.321 e. The van der Waals surface area contributed by atoms with Gasteiger partial charge in [0.25, 0.3) is 0 Å². The number of aromatic nitrogens is 1. The van der Waals surface area contributed by atoms with Gasteiger partial charge in [0.15, 0.2) is 0 Å². The lowest BCUT2D eigenvalue weighted by Gasteiger charge is -2.20. The SMILES string of the molecule is CCN(CCC#N)C(=O)Nc1ccnc(Oc2ccccc2)c1. The van der Waals surface area contributed by atoms with Gasteiger partial charge in [0, 0.05) is 31.0 Å². The van der Waals surface area contributed by atoms with E-state index in [-0.39, 0.29) is 6.03 Å². The zero-order valence-corrected chi connectivity index (χ0v) is 12.9. The van der Waals surface area contributed by atoms with Gasteiger partial charge in [-0.3, -0.25) is 0 Å². The van der Waals surface area contributed by atoms with Crippen LogP contribution < -0.4 is 10.1 Å². The lowest BCUT2D eigenvalue weighted by molar-refractivity contribution is 0.215. The predicted molar refractivity (Wildman–Crippen MR) is 87.2 cm³/mol. The van der Waals surface area contributed by atoms with Crippen molar-refractivity contribution in [3.63, 3.8) is 0 Å². The number of nitrogens with one attached hydrogen (secondary N) is 1. The lowest BCUT2D eigenvalue weighted by atomic mass is 10.3. The van der Waals surface area contributed by atoms with Crippen LogP contribution in [0.15, 0.2) is 48.7 Å². The van der Waals surface area contributed by atoms with Gasteiger partial charge in [-0.05, 0) is 25.1 Å². The van der Waals surface area contributed by atoms with E-state index in [4.69, 9.17) is 10.00 Å².